The smallest absolute Gasteiger partial charge is 0.306 e. The number of carbonyl (C=O) groups is 3. The zero-order valence-electron chi connectivity index (χ0n) is 42.6. The second-order valence-electron chi connectivity index (χ2n) is 16.9. The van der Waals surface area contributed by atoms with Gasteiger partial charge in [0.1, 0.15) is 13.2 Å². The fraction of sp³-hybridized carbons (Fsp3) is 0.557. The monoisotopic (exact) mass is 923 g/mol. The lowest BCUT2D eigenvalue weighted by Crippen LogP contribution is -2.30. The van der Waals surface area contributed by atoms with Crippen molar-refractivity contribution in [2.45, 2.75) is 207 Å². The topological polar surface area (TPSA) is 78.9 Å². The Labute approximate surface area is 410 Å². The van der Waals surface area contributed by atoms with E-state index < -0.39 is 6.10 Å². The van der Waals surface area contributed by atoms with Crippen molar-refractivity contribution in [2.24, 2.45) is 0 Å². The second kappa shape index (κ2) is 53.9. The highest BCUT2D eigenvalue weighted by molar-refractivity contribution is 5.71. The van der Waals surface area contributed by atoms with Gasteiger partial charge < -0.3 is 14.2 Å². The van der Waals surface area contributed by atoms with Crippen LogP contribution in [0.5, 0.6) is 0 Å². The number of rotatable bonds is 45. The summed E-state index contributed by atoms with van der Waals surface area (Å²) in [7, 11) is 0. The molecule has 1 unspecified atom stereocenters. The first-order valence-electron chi connectivity index (χ1n) is 26.5. The largest absolute Gasteiger partial charge is 0.462 e. The lowest BCUT2D eigenvalue weighted by Gasteiger charge is -2.18. The van der Waals surface area contributed by atoms with Gasteiger partial charge in [0.2, 0.25) is 0 Å². The molecule has 6 heteroatoms. The van der Waals surface area contributed by atoms with Gasteiger partial charge in [-0.2, -0.15) is 0 Å². The molecule has 0 radical (unpaired) electrons. The molecular weight excluding hydrogens is 829 g/mol. The summed E-state index contributed by atoms with van der Waals surface area (Å²) in [6, 6.07) is 0. The van der Waals surface area contributed by atoms with E-state index in [1.807, 2.05) is 72.9 Å². The molecule has 0 rings (SSSR count). The van der Waals surface area contributed by atoms with Crippen LogP contribution >= 0.6 is 0 Å². The van der Waals surface area contributed by atoms with Crippen LogP contribution in [0.3, 0.4) is 0 Å². The van der Waals surface area contributed by atoms with Crippen molar-refractivity contribution in [3.05, 3.63) is 146 Å². The molecule has 0 aliphatic carbocycles. The highest BCUT2D eigenvalue weighted by Gasteiger charge is 2.19. The van der Waals surface area contributed by atoms with E-state index in [4.69, 9.17) is 14.2 Å². The number of hydrogen-bond acceptors (Lipinski definition) is 6. The van der Waals surface area contributed by atoms with E-state index in [9.17, 15) is 14.4 Å². The van der Waals surface area contributed by atoms with Gasteiger partial charge in [-0.1, -0.05) is 237 Å². The predicted molar refractivity (Wildman–Crippen MR) is 288 cm³/mol. The number of ether oxygens (including phenoxy) is 3. The van der Waals surface area contributed by atoms with E-state index in [0.29, 0.717) is 19.3 Å². The van der Waals surface area contributed by atoms with Crippen molar-refractivity contribution >= 4 is 17.9 Å². The van der Waals surface area contributed by atoms with Crippen molar-refractivity contribution in [2.75, 3.05) is 13.2 Å². The van der Waals surface area contributed by atoms with Gasteiger partial charge >= 0.3 is 17.9 Å². The number of allylic oxidation sites excluding steroid dienone is 24. The minimum Gasteiger partial charge on any atom is -0.462 e. The average molecular weight is 923 g/mol. The van der Waals surface area contributed by atoms with Crippen molar-refractivity contribution in [1.29, 1.82) is 0 Å². The Morgan fingerprint density at radius 1 is 0.328 bits per heavy atom. The zero-order chi connectivity index (χ0) is 48.6. The van der Waals surface area contributed by atoms with Crippen molar-refractivity contribution < 1.29 is 28.6 Å². The molecule has 0 spiro atoms. The van der Waals surface area contributed by atoms with Crippen molar-refractivity contribution in [3.63, 3.8) is 0 Å². The fourth-order valence-corrected chi connectivity index (χ4v) is 6.64. The van der Waals surface area contributed by atoms with E-state index in [1.165, 1.54) is 32.1 Å². The minimum atomic E-state index is -0.820. The third-order valence-corrected chi connectivity index (χ3v) is 10.6. The molecule has 0 aliphatic rings. The highest BCUT2D eigenvalue weighted by atomic mass is 16.6. The summed E-state index contributed by atoms with van der Waals surface area (Å²) < 4.78 is 16.7. The number of unbranched alkanes of at least 4 members (excludes halogenated alkanes) is 18. The summed E-state index contributed by atoms with van der Waals surface area (Å²) in [5.74, 6) is -1.01. The van der Waals surface area contributed by atoms with Crippen LogP contribution in [-0.4, -0.2) is 37.2 Å². The maximum atomic E-state index is 12.8. The molecule has 0 aromatic rings. The van der Waals surface area contributed by atoms with E-state index >= 15 is 0 Å². The Morgan fingerprint density at radius 3 is 1.09 bits per heavy atom. The third-order valence-electron chi connectivity index (χ3n) is 10.6. The molecule has 0 fully saturated rings. The summed E-state index contributed by atoms with van der Waals surface area (Å²) in [5.41, 5.74) is 0. The van der Waals surface area contributed by atoms with Gasteiger partial charge in [0.05, 0.1) is 0 Å². The lowest BCUT2D eigenvalue weighted by atomic mass is 10.1. The molecule has 0 aliphatic heterocycles. The lowest BCUT2D eigenvalue weighted by molar-refractivity contribution is -0.167. The molecule has 0 aromatic heterocycles. The second-order valence-corrected chi connectivity index (χ2v) is 16.9. The standard InChI is InChI=1S/C61H94O6/c1-4-7-10-13-16-19-22-25-27-29-31-33-34-36-39-42-45-48-51-54-60(63)66-57-58(56-65-59(62)53-50-47-44-41-38-24-21-18-15-12-9-6-3)67-61(64)55-52-49-46-43-40-37-35-32-30-28-26-23-20-17-14-11-8-5-2/h7,9-10,12-13,16,18-19,21-23,25-36,39,58H,4-6,8,11,14-15,17,20,24,37-38,40-57H2,1-3H3/b10-7-,12-9-,16-13-,21-18-,22-19-,26-23-,27-25-,30-28-,31-29+,34-33-,35-32-,39-36-. The first-order chi connectivity index (χ1) is 33.0. The summed E-state index contributed by atoms with van der Waals surface area (Å²) in [6.45, 7) is 6.27. The van der Waals surface area contributed by atoms with Crippen LogP contribution in [0, 0.1) is 0 Å². The van der Waals surface area contributed by atoms with Crippen molar-refractivity contribution in [1.82, 2.24) is 0 Å². The van der Waals surface area contributed by atoms with Gasteiger partial charge in [-0.15, -0.1) is 0 Å². The quantitative estimate of drug-likeness (QED) is 0.0199. The molecule has 67 heavy (non-hydrogen) atoms. The SMILES string of the molecule is CC\C=C/C=C\C=C/C=C\C=C\C=C/C=C\CCCCCC(=O)OCC(COC(=O)CCCCCCC/C=C\C/C=C\CC)OC(=O)CCCCCCC\C=C/C=C\C=C/CCCCCCC. The molecule has 0 heterocycles. The van der Waals surface area contributed by atoms with Gasteiger partial charge in [-0.3, -0.25) is 14.4 Å². The first-order valence-corrected chi connectivity index (χ1v) is 26.5. The van der Waals surface area contributed by atoms with Crippen LogP contribution in [0.2, 0.25) is 0 Å². The van der Waals surface area contributed by atoms with Gasteiger partial charge in [0.25, 0.3) is 0 Å². The maximum Gasteiger partial charge on any atom is 0.306 e. The number of carbonyl (C=O) groups excluding carboxylic acids is 3. The Kier molecular flexibility index (Phi) is 50.1. The molecule has 6 nitrogen and oxygen atoms in total. The maximum absolute atomic E-state index is 12.8. The van der Waals surface area contributed by atoms with Crippen molar-refractivity contribution in [3.8, 4) is 0 Å². The van der Waals surface area contributed by atoms with Crippen LogP contribution in [0.1, 0.15) is 201 Å². The minimum absolute atomic E-state index is 0.115. The zero-order valence-corrected chi connectivity index (χ0v) is 42.6. The highest BCUT2D eigenvalue weighted by Crippen LogP contribution is 2.13. The van der Waals surface area contributed by atoms with Gasteiger partial charge in [-0.25, -0.2) is 0 Å². The van der Waals surface area contributed by atoms with E-state index in [1.54, 1.807) is 0 Å². The molecule has 0 amide bonds. The summed E-state index contributed by atoms with van der Waals surface area (Å²) in [5, 5.41) is 0. The van der Waals surface area contributed by atoms with E-state index in [0.717, 1.165) is 122 Å². The summed E-state index contributed by atoms with van der Waals surface area (Å²) in [6.07, 6.45) is 76.8. The Bertz CT molecular complexity index is 1530. The molecule has 0 bridgehead atoms. The molecule has 0 saturated carbocycles. The molecule has 374 valence electrons. The molecule has 1 atom stereocenters. The Morgan fingerprint density at radius 2 is 0.657 bits per heavy atom. The number of hydrogen-bond donors (Lipinski definition) is 0. The van der Waals surface area contributed by atoms with Gasteiger partial charge in [-0.05, 0) is 89.9 Å². The van der Waals surface area contributed by atoms with E-state index in [-0.39, 0.29) is 37.5 Å². The summed E-state index contributed by atoms with van der Waals surface area (Å²) in [4.78, 5) is 38.0. The Hall–Kier alpha value is -4.71. The van der Waals surface area contributed by atoms with E-state index in [2.05, 4.69) is 93.7 Å². The number of esters is 3. The molecular formula is C61H94O6. The average Bonchev–Trinajstić information content (AvgIpc) is 3.33. The predicted octanol–water partition coefficient (Wildman–Crippen LogP) is 17.6. The third kappa shape index (κ3) is 52.1. The molecule has 0 N–H and O–H groups in total. The van der Waals surface area contributed by atoms with Crippen LogP contribution in [0.15, 0.2) is 146 Å². The normalized spacial score (nSPS) is 13.3. The van der Waals surface area contributed by atoms with Crippen LogP contribution in [-0.2, 0) is 28.6 Å². The van der Waals surface area contributed by atoms with Gasteiger partial charge in [0.15, 0.2) is 6.10 Å². The first kappa shape index (κ1) is 62.3. The summed E-state index contributed by atoms with van der Waals surface area (Å²) >= 11 is 0. The van der Waals surface area contributed by atoms with Crippen LogP contribution < -0.4 is 0 Å². The van der Waals surface area contributed by atoms with Crippen LogP contribution in [0.4, 0.5) is 0 Å². The fourth-order valence-electron chi connectivity index (χ4n) is 6.64. The van der Waals surface area contributed by atoms with Gasteiger partial charge in [0, 0.05) is 19.3 Å². The molecule has 0 aromatic carbocycles. The Balaban J connectivity index is 4.57. The molecule has 0 saturated heterocycles. The van der Waals surface area contributed by atoms with Crippen LogP contribution in [0.25, 0.3) is 0 Å².